The van der Waals surface area contributed by atoms with Crippen LogP contribution in [-0.4, -0.2) is 31.1 Å². The summed E-state index contributed by atoms with van der Waals surface area (Å²) >= 11 is 0. The molecular weight excluding hydrogens is 362 g/mol. The summed E-state index contributed by atoms with van der Waals surface area (Å²) in [4.78, 5) is 19.1. The summed E-state index contributed by atoms with van der Waals surface area (Å²) in [7, 11) is 1.66. The van der Waals surface area contributed by atoms with E-state index in [1.165, 1.54) is 5.56 Å². The molecule has 3 aromatic rings. The summed E-state index contributed by atoms with van der Waals surface area (Å²) in [5, 5.41) is 2.98. The largest absolute Gasteiger partial charge is 0.496 e. The predicted octanol–water partition coefficient (Wildman–Crippen LogP) is 4.53. The second-order valence-corrected chi connectivity index (χ2v) is 6.83. The molecule has 1 aromatic heterocycles. The fourth-order valence-corrected chi connectivity index (χ4v) is 3.33. The average molecular weight is 389 g/mol. The number of benzene rings is 2. The van der Waals surface area contributed by atoms with E-state index in [0.717, 1.165) is 29.2 Å². The summed E-state index contributed by atoms with van der Waals surface area (Å²) < 4.78 is 5.36. The van der Waals surface area contributed by atoms with Gasteiger partial charge in [-0.15, -0.1) is 0 Å². The number of anilines is 2. The van der Waals surface area contributed by atoms with E-state index in [1.807, 2.05) is 36.4 Å². The Kier molecular flexibility index (Phi) is 6.85. The molecule has 1 heterocycles. The predicted molar refractivity (Wildman–Crippen MR) is 117 cm³/mol. The molecule has 0 radical (unpaired) electrons. The third-order valence-corrected chi connectivity index (χ3v) is 4.80. The number of aromatic nitrogens is 1. The van der Waals surface area contributed by atoms with Crippen molar-refractivity contribution in [1.82, 2.24) is 10.3 Å². The van der Waals surface area contributed by atoms with E-state index in [4.69, 9.17) is 4.74 Å². The Morgan fingerprint density at radius 2 is 1.90 bits per heavy atom. The van der Waals surface area contributed by atoms with Gasteiger partial charge in [0.15, 0.2) is 0 Å². The third kappa shape index (κ3) is 5.13. The number of hydrogen-bond donors (Lipinski definition) is 1. The van der Waals surface area contributed by atoms with Crippen LogP contribution in [0.2, 0.25) is 0 Å². The van der Waals surface area contributed by atoms with Crippen molar-refractivity contribution in [3.05, 3.63) is 83.7 Å². The van der Waals surface area contributed by atoms with Gasteiger partial charge >= 0.3 is 0 Å². The van der Waals surface area contributed by atoms with E-state index in [2.05, 4.69) is 47.2 Å². The van der Waals surface area contributed by atoms with Crippen molar-refractivity contribution in [2.24, 2.45) is 0 Å². The maximum absolute atomic E-state index is 12.6. The highest BCUT2D eigenvalue weighted by Crippen LogP contribution is 2.26. The van der Waals surface area contributed by atoms with Gasteiger partial charge in [-0.25, -0.2) is 0 Å². The molecule has 0 atom stereocenters. The van der Waals surface area contributed by atoms with Crippen LogP contribution in [0.25, 0.3) is 0 Å². The van der Waals surface area contributed by atoms with Crippen molar-refractivity contribution in [2.45, 2.75) is 20.3 Å². The lowest BCUT2D eigenvalue weighted by molar-refractivity contribution is 0.0953. The Labute approximate surface area is 172 Å². The molecule has 0 bridgehead atoms. The zero-order chi connectivity index (χ0) is 20.6. The van der Waals surface area contributed by atoms with Gasteiger partial charge in [0.2, 0.25) is 0 Å². The molecule has 1 N–H and O–H groups in total. The van der Waals surface area contributed by atoms with Crippen LogP contribution in [0.1, 0.15) is 28.4 Å². The van der Waals surface area contributed by atoms with Gasteiger partial charge in [0.1, 0.15) is 5.75 Å². The fourth-order valence-electron chi connectivity index (χ4n) is 3.33. The number of rotatable bonds is 8. The molecule has 0 saturated carbocycles. The number of pyridine rings is 1. The first-order valence-corrected chi connectivity index (χ1v) is 9.81. The maximum atomic E-state index is 12.6. The number of para-hydroxylation sites is 1. The maximum Gasteiger partial charge on any atom is 0.252 e. The smallest absolute Gasteiger partial charge is 0.252 e. The van der Waals surface area contributed by atoms with Gasteiger partial charge in [-0.2, -0.15) is 0 Å². The number of aryl methyl sites for hydroxylation is 1. The summed E-state index contributed by atoms with van der Waals surface area (Å²) in [6, 6.07) is 18.0. The van der Waals surface area contributed by atoms with Crippen molar-refractivity contribution in [3.8, 4) is 5.75 Å². The van der Waals surface area contributed by atoms with Gasteiger partial charge in [0.25, 0.3) is 5.91 Å². The van der Waals surface area contributed by atoms with E-state index in [1.54, 1.807) is 19.5 Å². The average Bonchev–Trinajstić information content (AvgIpc) is 2.75. The second kappa shape index (κ2) is 9.73. The van der Waals surface area contributed by atoms with Crippen molar-refractivity contribution < 1.29 is 9.53 Å². The molecule has 0 aliphatic carbocycles. The number of nitrogens with one attached hydrogen (secondary N) is 1. The lowest BCUT2D eigenvalue weighted by Gasteiger charge is -2.23. The van der Waals surface area contributed by atoms with Crippen LogP contribution in [0.15, 0.2) is 67.0 Å². The van der Waals surface area contributed by atoms with Crippen LogP contribution in [0.4, 0.5) is 11.4 Å². The molecule has 0 aliphatic rings. The lowest BCUT2D eigenvalue weighted by Crippen LogP contribution is -2.26. The molecule has 150 valence electrons. The molecule has 0 aliphatic heterocycles. The second-order valence-electron chi connectivity index (χ2n) is 6.83. The van der Waals surface area contributed by atoms with E-state index in [-0.39, 0.29) is 5.91 Å². The van der Waals surface area contributed by atoms with Gasteiger partial charge in [-0.05, 0) is 55.7 Å². The third-order valence-electron chi connectivity index (χ3n) is 4.80. The molecule has 29 heavy (non-hydrogen) atoms. The first kappa shape index (κ1) is 20.4. The summed E-state index contributed by atoms with van der Waals surface area (Å²) in [5.74, 6) is 0.705. The molecule has 5 nitrogen and oxygen atoms in total. The molecule has 0 spiro atoms. The molecule has 0 saturated heterocycles. The standard InChI is InChI=1S/C24H27N3O2/c1-4-27(21-10-7-8-18(2)14-21)22-15-20(16-25-17-22)24(28)26-13-12-19-9-5-6-11-23(19)29-3/h5-11,14-17H,4,12-13H2,1-3H3,(H,26,28). The molecular formula is C24H27N3O2. The number of amides is 1. The minimum atomic E-state index is -0.130. The van der Waals surface area contributed by atoms with Gasteiger partial charge in [-0.1, -0.05) is 30.3 Å². The lowest BCUT2D eigenvalue weighted by atomic mass is 10.1. The SMILES string of the molecule is CCN(c1cccc(C)c1)c1cncc(C(=O)NCCc2ccccc2OC)c1. The van der Waals surface area contributed by atoms with Crippen molar-refractivity contribution >= 4 is 17.3 Å². The zero-order valence-electron chi connectivity index (χ0n) is 17.2. The van der Waals surface area contributed by atoms with Crippen LogP contribution < -0.4 is 15.0 Å². The molecule has 3 rings (SSSR count). The molecule has 5 heteroatoms. The topological polar surface area (TPSA) is 54.5 Å². The van der Waals surface area contributed by atoms with Crippen LogP contribution in [-0.2, 0) is 6.42 Å². The molecule has 0 fully saturated rings. The van der Waals surface area contributed by atoms with Crippen molar-refractivity contribution in [2.75, 3.05) is 25.1 Å². The Hall–Kier alpha value is -3.34. The molecule has 2 aromatic carbocycles. The van der Waals surface area contributed by atoms with Crippen molar-refractivity contribution in [3.63, 3.8) is 0 Å². The van der Waals surface area contributed by atoms with E-state index in [0.29, 0.717) is 18.5 Å². The zero-order valence-corrected chi connectivity index (χ0v) is 17.2. The summed E-state index contributed by atoms with van der Waals surface area (Å²) in [5.41, 5.74) is 4.80. The Balaban J connectivity index is 1.69. The van der Waals surface area contributed by atoms with Crippen LogP contribution in [0.3, 0.4) is 0 Å². The number of carbonyl (C=O) groups is 1. The summed E-state index contributed by atoms with van der Waals surface area (Å²) in [6.45, 7) is 5.46. The molecule has 1 amide bonds. The Bertz CT molecular complexity index is 972. The minimum Gasteiger partial charge on any atom is -0.496 e. The number of nitrogens with zero attached hydrogens (tertiary/aromatic N) is 2. The highest BCUT2D eigenvalue weighted by Gasteiger charge is 2.12. The Morgan fingerprint density at radius 3 is 2.66 bits per heavy atom. The van der Waals surface area contributed by atoms with E-state index in [9.17, 15) is 4.79 Å². The number of ether oxygens (including phenoxy) is 1. The van der Waals surface area contributed by atoms with Gasteiger partial charge < -0.3 is 15.0 Å². The number of methoxy groups -OCH3 is 1. The molecule has 0 unspecified atom stereocenters. The van der Waals surface area contributed by atoms with Gasteiger partial charge in [-0.3, -0.25) is 9.78 Å². The van der Waals surface area contributed by atoms with Crippen molar-refractivity contribution in [1.29, 1.82) is 0 Å². The van der Waals surface area contributed by atoms with Gasteiger partial charge in [0, 0.05) is 25.0 Å². The summed E-state index contributed by atoms with van der Waals surface area (Å²) in [6.07, 6.45) is 4.09. The number of hydrogen-bond acceptors (Lipinski definition) is 4. The quantitative estimate of drug-likeness (QED) is 0.615. The van der Waals surface area contributed by atoms with E-state index >= 15 is 0 Å². The highest BCUT2D eigenvalue weighted by atomic mass is 16.5. The van der Waals surface area contributed by atoms with Gasteiger partial charge in [0.05, 0.1) is 24.6 Å². The van der Waals surface area contributed by atoms with E-state index < -0.39 is 0 Å². The highest BCUT2D eigenvalue weighted by molar-refractivity contribution is 5.95. The minimum absolute atomic E-state index is 0.130. The van der Waals surface area contributed by atoms with Crippen LogP contribution in [0, 0.1) is 6.92 Å². The number of carbonyl (C=O) groups excluding carboxylic acids is 1. The monoisotopic (exact) mass is 389 g/mol. The van der Waals surface area contributed by atoms with Crippen LogP contribution in [0.5, 0.6) is 5.75 Å². The van der Waals surface area contributed by atoms with Crippen LogP contribution >= 0.6 is 0 Å². The normalized spacial score (nSPS) is 10.4. The first-order chi connectivity index (χ1) is 14.1. The Morgan fingerprint density at radius 1 is 1.07 bits per heavy atom. The first-order valence-electron chi connectivity index (χ1n) is 9.81. The fraction of sp³-hybridized carbons (Fsp3) is 0.250.